The van der Waals surface area contributed by atoms with Crippen LogP contribution in [-0.2, 0) is 16.1 Å². The average molecular weight is 376 g/mol. The monoisotopic (exact) mass is 376 g/mol. The highest BCUT2D eigenvalue weighted by atomic mass is 19.1. The lowest BCUT2D eigenvalue weighted by molar-refractivity contribution is -0.115. The first kappa shape index (κ1) is 20.2. The molecule has 0 fully saturated rings. The first-order valence-corrected chi connectivity index (χ1v) is 8.02. The number of benzene rings is 2. The first-order chi connectivity index (χ1) is 12.9. The summed E-state index contributed by atoms with van der Waals surface area (Å²) in [5, 5.41) is 3.57. The summed E-state index contributed by atoms with van der Waals surface area (Å²) < 4.78 is 24.2. The molecule has 2 aromatic rings. The summed E-state index contributed by atoms with van der Waals surface area (Å²) in [7, 11) is 5.68. The van der Waals surface area contributed by atoms with Crippen LogP contribution in [0.2, 0.25) is 0 Å². The summed E-state index contributed by atoms with van der Waals surface area (Å²) in [6.45, 7) is 0. The Morgan fingerprint density at radius 3 is 2.26 bits per heavy atom. The Labute approximate surface area is 156 Å². The third-order valence-electron chi connectivity index (χ3n) is 3.91. The molecule has 0 aliphatic carbocycles. The summed E-state index contributed by atoms with van der Waals surface area (Å²) >= 11 is 0. The van der Waals surface area contributed by atoms with Crippen molar-refractivity contribution in [1.29, 1.82) is 0 Å². The molecule has 144 valence electrons. The zero-order valence-corrected chi connectivity index (χ0v) is 15.5. The van der Waals surface area contributed by atoms with Gasteiger partial charge in [0, 0.05) is 12.6 Å². The molecule has 8 heteroatoms. The number of hydroxylamine groups is 2. The molecule has 0 saturated carbocycles. The fraction of sp³-hybridized carbons (Fsp3) is 0.263. The Bertz CT molecular complexity index is 819. The fourth-order valence-corrected chi connectivity index (χ4v) is 2.51. The number of amides is 2. The van der Waals surface area contributed by atoms with Gasteiger partial charge in [-0.25, -0.2) is 9.45 Å². The van der Waals surface area contributed by atoms with E-state index in [0.717, 1.165) is 17.2 Å². The Morgan fingerprint density at radius 2 is 1.70 bits per heavy atom. The van der Waals surface area contributed by atoms with Crippen LogP contribution in [0.4, 0.5) is 10.1 Å². The SMILES string of the molecule is COc1cccc(OC)c1CC(=O)Nc1ccc(F)cc1C(=O)N(C)OC. The molecule has 0 heterocycles. The van der Waals surface area contributed by atoms with E-state index in [9.17, 15) is 14.0 Å². The topological polar surface area (TPSA) is 77.1 Å². The number of halogens is 1. The lowest BCUT2D eigenvalue weighted by atomic mass is 10.1. The molecule has 0 aromatic heterocycles. The van der Waals surface area contributed by atoms with Crippen molar-refractivity contribution < 1.29 is 28.3 Å². The van der Waals surface area contributed by atoms with Gasteiger partial charge in [0.05, 0.1) is 39.0 Å². The normalized spacial score (nSPS) is 10.3. The third-order valence-corrected chi connectivity index (χ3v) is 3.91. The molecular formula is C19H21FN2O5. The predicted molar refractivity (Wildman–Crippen MR) is 97.4 cm³/mol. The second-order valence-electron chi connectivity index (χ2n) is 5.54. The molecule has 7 nitrogen and oxygen atoms in total. The number of hydrogen-bond acceptors (Lipinski definition) is 5. The third kappa shape index (κ3) is 4.73. The first-order valence-electron chi connectivity index (χ1n) is 8.02. The number of carbonyl (C=O) groups excluding carboxylic acids is 2. The van der Waals surface area contributed by atoms with Gasteiger partial charge in [-0.3, -0.25) is 14.4 Å². The molecule has 0 saturated heterocycles. The number of hydrogen-bond donors (Lipinski definition) is 1. The number of anilines is 1. The molecule has 2 aromatic carbocycles. The lowest BCUT2D eigenvalue weighted by Crippen LogP contribution is -2.27. The van der Waals surface area contributed by atoms with Crippen molar-refractivity contribution in [3.8, 4) is 11.5 Å². The van der Waals surface area contributed by atoms with Crippen LogP contribution in [0, 0.1) is 5.82 Å². The molecular weight excluding hydrogens is 355 g/mol. The molecule has 0 unspecified atom stereocenters. The largest absolute Gasteiger partial charge is 0.496 e. The Balaban J connectivity index is 2.28. The molecule has 0 spiro atoms. The maximum absolute atomic E-state index is 13.6. The summed E-state index contributed by atoms with van der Waals surface area (Å²) in [5.41, 5.74) is 0.702. The second kappa shape index (κ2) is 9.00. The van der Waals surface area contributed by atoms with E-state index in [4.69, 9.17) is 14.3 Å². The van der Waals surface area contributed by atoms with Crippen molar-refractivity contribution >= 4 is 17.5 Å². The highest BCUT2D eigenvalue weighted by Crippen LogP contribution is 2.29. The van der Waals surface area contributed by atoms with Gasteiger partial charge >= 0.3 is 0 Å². The van der Waals surface area contributed by atoms with E-state index in [1.807, 2.05) is 0 Å². The second-order valence-corrected chi connectivity index (χ2v) is 5.54. The molecule has 0 bridgehead atoms. The number of methoxy groups -OCH3 is 2. The maximum Gasteiger partial charge on any atom is 0.279 e. The van der Waals surface area contributed by atoms with Gasteiger partial charge in [-0.15, -0.1) is 0 Å². The quantitative estimate of drug-likeness (QED) is 0.752. The summed E-state index contributed by atoms with van der Waals surface area (Å²) in [6.07, 6.45) is -0.0572. The van der Waals surface area contributed by atoms with Crippen molar-refractivity contribution in [2.75, 3.05) is 33.7 Å². The van der Waals surface area contributed by atoms with E-state index >= 15 is 0 Å². The average Bonchev–Trinajstić information content (AvgIpc) is 2.68. The van der Waals surface area contributed by atoms with Gasteiger partial charge in [0.15, 0.2) is 0 Å². The van der Waals surface area contributed by atoms with Gasteiger partial charge in [-0.1, -0.05) is 6.07 Å². The van der Waals surface area contributed by atoms with Crippen LogP contribution in [-0.4, -0.2) is 45.3 Å². The Hall–Kier alpha value is -3.13. The minimum absolute atomic E-state index is 0.0281. The smallest absolute Gasteiger partial charge is 0.279 e. The molecule has 2 amide bonds. The number of rotatable bonds is 7. The minimum Gasteiger partial charge on any atom is -0.496 e. The lowest BCUT2D eigenvalue weighted by Gasteiger charge is -2.17. The Kier molecular flexibility index (Phi) is 6.73. The van der Waals surface area contributed by atoms with E-state index in [1.54, 1.807) is 18.2 Å². The standard InChI is InChI=1S/C19H21FN2O5/c1-22(27-4)19(24)13-10-12(20)8-9-15(13)21-18(23)11-14-16(25-2)6-5-7-17(14)26-3/h5-10H,11H2,1-4H3,(H,21,23). The molecule has 27 heavy (non-hydrogen) atoms. The van der Waals surface area contributed by atoms with Crippen LogP contribution in [0.5, 0.6) is 11.5 Å². The molecule has 1 N–H and O–H groups in total. The van der Waals surface area contributed by atoms with E-state index in [1.165, 1.54) is 34.4 Å². The zero-order chi connectivity index (χ0) is 20.0. The van der Waals surface area contributed by atoms with Crippen molar-refractivity contribution in [2.24, 2.45) is 0 Å². The van der Waals surface area contributed by atoms with Crippen LogP contribution in [0.3, 0.4) is 0 Å². The van der Waals surface area contributed by atoms with Crippen LogP contribution in [0.15, 0.2) is 36.4 Å². The van der Waals surface area contributed by atoms with Crippen LogP contribution < -0.4 is 14.8 Å². The van der Waals surface area contributed by atoms with E-state index in [2.05, 4.69) is 5.32 Å². The van der Waals surface area contributed by atoms with Gasteiger partial charge in [-0.2, -0.15) is 0 Å². The zero-order valence-electron chi connectivity index (χ0n) is 15.5. The van der Waals surface area contributed by atoms with E-state index in [0.29, 0.717) is 17.1 Å². The van der Waals surface area contributed by atoms with Gasteiger partial charge < -0.3 is 14.8 Å². The van der Waals surface area contributed by atoms with Crippen molar-refractivity contribution in [3.63, 3.8) is 0 Å². The van der Waals surface area contributed by atoms with Gasteiger partial charge in [0.2, 0.25) is 5.91 Å². The molecule has 0 atom stereocenters. The number of carbonyl (C=O) groups is 2. The summed E-state index contributed by atoms with van der Waals surface area (Å²) in [4.78, 5) is 29.7. The minimum atomic E-state index is -0.604. The predicted octanol–water partition coefficient (Wildman–Crippen LogP) is 2.66. The number of nitrogens with one attached hydrogen (secondary N) is 1. The number of ether oxygens (including phenoxy) is 2. The van der Waals surface area contributed by atoms with Gasteiger partial charge in [-0.05, 0) is 30.3 Å². The highest BCUT2D eigenvalue weighted by molar-refractivity contribution is 6.03. The summed E-state index contributed by atoms with van der Waals surface area (Å²) in [5.74, 6) is -0.619. The van der Waals surface area contributed by atoms with Crippen molar-refractivity contribution in [2.45, 2.75) is 6.42 Å². The molecule has 2 rings (SSSR count). The summed E-state index contributed by atoms with van der Waals surface area (Å²) in [6, 6.07) is 8.69. The molecule has 0 aliphatic rings. The van der Waals surface area contributed by atoms with Crippen LogP contribution in [0.1, 0.15) is 15.9 Å². The van der Waals surface area contributed by atoms with E-state index in [-0.39, 0.29) is 17.7 Å². The van der Waals surface area contributed by atoms with Crippen LogP contribution in [0.25, 0.3) is 0 Å². The van der Waals surface area contributed by atoms with E-state index < -0.39 is 17.6 Å². The van der Waals surface area contributed by atoms with Gasteiger partial charge in [0.1, 0.15) is 17.3 Å². The maximum atomic E-state index is 13.6. The fourth-order valence-electron chi connectivity index (χ4n) is 2.51. The van der Waals surface area contributed by atoms with Crippen molar-refractivity contribution in [3.05, 3.63) is 53.3 Å². The van der Waals surface area contributed by atoms with Crippen LogP contribution >= 0.6 is 0 Å². The number of nitrogens with zero attached hydrogens (tertiary/aromatic N) is 1. The van der Waals surface area contributed by atoms with Crippen molar-refractivity contribution in [1.82, 2.24) is 5.06 Å². The molecule has 0 radical (unpaired) electrons. The Morgan fingerprint density at radius 1 is 1.07 bits per heavy atom. The van der Waals surface area contributed by atoms with Gasteiger partial charge in [0.25, 0.3) is 5.91 Å². The highest BCUT2D eigenvalue weighted by Gasteiger charge is 2.20. The molecule has 0 aliphatic heterocycles.